The molecule has 0 aliphatic heterocycles. The van der Waals surface area contributed by atoms with Gasteiger partial charge in [0, 0.05) is 0 Å². The Balaban J connectivity index is 2.92. The molecule has 1 rings (SSSR count). The Hall–Kier alpha value is -1.86. The van der Waals surface area contributed by atoms with E-state index in [0.717, 1.165) is 0 Å². The van der Waals surface area contributed by atoms with E-state index < -0.39 is 18.0 Å². The van der Waals surface area contributed by atoms with Crippen LogP contribution in [0.4, 0.5) is 0 Å². The van der Waals surface area contributed by atoms with Crippen LogP contribution in [0.25, 0.3) is 0 Å². The van der Waals surface area contributed by atoms with Gasteiger partial charge in [-0.2, -0.15) is 5.26 Å². The molecule has 0 aliphatic rings. The van der Waals surface area contributed by atoms with Gasteiger partial charge in [0.25, 0.3) is 0 Å². The maximum atomic E-state index is 10.5. The van der Waals surface area contributed by atoms with Crippen LogP contribution in [-0.2, 0) is 4.79 Å². The molecule has 2 unspecified atom stereocenters. The zero-order valence-electron chi connectivity index (χ0n) is 8.92. The van der Waals surface area contributed by atoms with Crippen molar-refractivity contribution in [2.75, 3.05) is 0 Å². The Morgan fingerprint density at radius 2 is 2.12 bits per heavy atom. The van der Waals surface area contributed by atoms with E-state index >= 15 is 0 Å². The largest absolute Gasteiger partial charge is 0.481 e. The van der Waals surface area contributed by atoms with Crippen LogP contribution in [0.15, 0.2) is 24.3 Å². The Bertz CT molecular complexity index is 423. The van der Waals surface area contributed by atoms with Gasteiger partial charge in [-0.05, 0) is 17.5 Å². The topological polar surface area (TPSA) is 81.3 Å². The van der Waals surface area contributed by atoms with Gasteiger partial charge in [0.2, 0.25) is 0 Å². The van der Waals surface area contributed by atoms with Crippen LogP contribution in [0.5, 0.6) is 0 Å². The second-order valence-corrected chi connectivity index (χ2v) is 3.72. The predicted octanol–water partition coefficient (Wildman–Crippen LogP) is 1.70. The number of aliphatic carboxylic acids is 1. The quantitative estimate of drug-likeness (QED) is 0.807. The highest BCUT2D eigenvalue weighted by Gasteiger charge is 2.21. The molecule has 4 nitrogen and oxygen atoms in total. The van der Waals surface area contributed by atoms with E-state index in [1.165, 1.54) is 0 Å². The highest BCUT2D eigenvalue weighted by Crippen LogP contribution is 2.26. The van der Waals surface area contributed by atoms with Gasteiger partial charge in [0.1, 0.15) is 0 Å². The SMILES string of the molecule is CC(CC(=O)O)C(O)c1ccccc1C#N. The van der Waals surface area contributed by atoms with E-state index in [9.17, 15) is 9.90 Å². The van der Waals surface area contributed by atoms with Gasteiger partial charge in [0.05, 0.1) is 24.2 Å². The minimum atomic E-state index is -0.957. The number of rotatable bonds is 4. The van der Waals surface area contributed by atoms with E-state index in [1.54, 1.807) is 31.2 Å². The standard InChI is InChI=1S/C12H13NO3/c1-8(6-11(14)15)12(16)10-5-3-2-4-9(10)7-13/h2-5,8,12,16H,6H2,1H3,(H,14,15). The van der Waals surface area contributed by atoms with E-state index in [2.05, 4.69) is 0 Å². The molecule has 2 atom stereocenters. The normalized spacial score (nSPS) is 13.8. The van der Waals surface area contributed by atoms with Gasteiger partial charge in [-0.3, -0.25) is 4.79 Å². The number of aliphatic hydroxyl groups excluding tert-OH is 1. The van der Waals surface area contributed by atoms with Gasteiger partial charge in [-0.1, -0.05) is 25.1 Å². The van der Waals surface area contributed by atoms with E-state index in [4.69, 9.17) is 10.4 Å². The third kappa shape index (κ3) is 2.81. The maximum Gasteiger partial charge on any atom is 0.303 e. The van der Waals surface area contributed by atoms with Crippen molar-refractivity contribution in [3.8, 4) is 6.07 Å². The summed E-state index contributed by atoms with van der Waals surface area (Å²) in [5.41, 5.74) is 0.867. The fourth-order valence-corrected chi connectivity index (χ4v) is 1.55. The monoisotopic (exact) mass is 219 g/mol. The van der Waals surface area contributed by atoms with Crippen LogP contribution < -0.4 is 0 Å². The molecule has 4 heteroatoms. The van der Waals surface area contributed by atoms with E-state index in [0.29, 0.717) is 11.1 Å². The molecule has 0 saturated heterocycles. The summed E-state index contributed by atoms with van der Waals surface area (Å²) in [6.45, 7) is 1.65. The molecule has 0 spiro atoms. The molecule has 0 bridgehead atoms. The van der Waals surface area contributed by atoms with E-state index in [-0.39, 0.29) is 6.42 Å². The summed E-state index contributed by atoms with van der Waals surface area (Å²) in [4.78, 5) is 10.5. The molecule has 0 aromatic heterocycles. The lowest BCUT2D eigenvalue weighted by molar-refractivity contribution is -0.139. The van der Waals surface area contributed by atoms with Crippen LogP contribution in [0.3, 0.4) is 0 Å². The number of hydrogen-bond acceptors (Lipinski definition) is 3. The molecule has 0 aliphatic carbocycles. The smallest absolute Gasteiger partial charge is 0.303 e. The van der Waals surface area contributed by atoms with Gasteiger partial charge in [0.15, 0.2) is 0 Å². The summed E-state index contributed by atoms with van der Waals surface area (Å²) in [7, 11) is 0. The fraction of sp³-hybridized carbons (Fsp3) is 0.333. The van der Waals surface area contributed by atoms with Crippen molar-refractivity contribution in [2.24, 2.45) is 5.92 Å². The first-order chi connectivity index (χ1) is 7.56. The number of carboxylic acid groups (broad SMARTS) is 1. The molecular formula is C12H13NO3. The van der Waals surface area contributed by atoms with Crippen LogP contribution in [-0.4, -0.2) is 16.2 Å². The van der Waals surface area contributed by atoms with Gasteiger partial charge in [-0.15, -0.1) is 0 Å². The average molecular weight is 219 g/mol. The average Bonchev–Trinajstić information content (AvgIpc) is 2.27. The van der Waals surface area contributed by atoms with Crippen LogP contribution in [0.1, 0.15) is 30.6 Å². The van der Waals surface area contributed by atoms with Crippen molar-refractivity contribution >= 4 is 5.97 Å². The number of nitriles is 1. The lowest BCUT2D eigenvalue weighted by atomic mass is 9.92. The molecule has 0 amide bonds. The third-order valence-corrected chi connectivity index (χ3v) is 2.44. The van der Waals surface area contributed by atoms with Gasteiger partial charge in [-0.25, -0.2) is 0 Å². The van der Waals surface area contributed by atoms with Crippen molar-refractivity contribution in [1.29, 1.82) is 5.26 Å². The second kappa shape index (κ2) is 5.29. The number of benzene rings is 1. The molecule has 0 heterocycles. The molecule has 0 radical (unpaired) electrons. The first kappa shape index (κ1) is 12.2. The molecule has 0 fully saturated rings. The zero-order valence-corrected chi connectivity index (χ0v) is 8.92. The molecule has 1 aromatic rings. The molecular weight excluding hydrogens is 206 g/mol. The molecule has 0 saturated carbocycles. The highest BCUT2D eigenvalue weighted by atomic mass is 16.4. The van der Waals surface area contributed by atoms with Crippen LogP contribution >= 0.6 is 0 Å². The lowest BCUT2D eigenvalue weighted by Crippen LogP contribution is -2.14. The molecule has 84 valence electrons. The summed E-state index contributed by atoms with van der Waals surface area (Å²) in [6.07, 6.45) is -1.05. The van der Waals surface area contributed by atoms with Gasteiger partial charge < -0.3 is 10.2 Å². The minimum absolute atomic E-state index is 0.124. The molecule has 1 aromatic carbocycles. The van der Waals surface area contributed by atoms with Crippen molar-refractivity contribution in [2.45, 2.75) is 19.4 Å². The third-order valence-electron chi connectivity index (χ3n) is 2.44. The minimum Gasteiger partial charge on any atom is -0.481 e. The summed E-state index contributed by atoms with van der Waals surface area (Å²) in [5, 5.41) is 27.4. The number of aliphatic hydroxyl groups is 1. The summed E-state index contributed by atoms with van der Waals surface area (Å²) in [6, 6.07) is 8.64. The van der Waals surface area contributed by atoms with Crippen LogP contribution in [0, 0.1) is 17.2 Å². The predicted molar refractivity (Wildman–Crippen MR) is 57.5 cm³/mol. The first-order valence-corrected chi connectivity index (χ1v) is 4.95. The number of nitrogens with zero attached hydrogens (tertiary/aromatic N) is 1. The number of carboxylic acids is 1. The summed E-state index contributed by atoms with van der Waals surface area (Å²) >= 11 is 0. The number of hydrogen-bond donors (Lipinski definition) is 2. The van der Waals surface area contributed by atoms with Crippen LogP contribution in [0.2, 0.25) is 0 Å². The van der Waals surface area contributed by atoms with Crippen molar-refractivity contribution < 1.29 is 15.0 Å². The van der Waals surface area contributed by atoms with Crippen molar-refractivity contribution in [3.05, 3.63) is 35.4 Å². The second-order valence-electron chi connectivity index (χ2n) is 3.72. The van der Waals surface area contributed by atoms with E-state index in [1.807, 2.05) is 6.07 Å². The number of carbonyl (C=O) groups is 1. The van der Waals surface area contributed by atoms with Gasteiger partial charge >= 0.3 is 5.97 Å². The Kier molecular flexibility index (Phi) is 4.03. The molecule has 2 N–H and O–H groups in total. The maximum absolute atomic E-state index is 10.5. The Morgan fingerprint density at radius 1 is 1.50 bits per heavy atom. The lowest BCUT2D eigenvalue weighted by Gasteiger charge is -2.18. The van der Waals surface area contributed by atoms with Crippen molar-refractivity contribution in [3.63, 3.8) is 0 Å². The fourth-order valence-electron chi connectivity index (χ4n) is 1.55. The zero-order chi connectivity index (χ0) is 12.1. The summed E-state index contributed by atoms with van der Waals surface area (Å²) < 4.78 is 0. The molecule has 16 heavy (non-hydrogen) atoms. The summed E-state index contributed by atoms with van der Waals surface area (Å²) in [5.74, 6) is -1.38. The highest BCUT2D eigenvalue weighted by molar-refractivity contribution is 5.67. The van der Waals surface area contributed by atoms with Crippen molar-refractivity contribution in [1.82, 2.24) is 0 Å². The first-order valence-electron chi connectivity index (χ1n) is 4.95. The Morgan fingerprint density at radius 3 is 2.69 bits per heavy atom. The Labute approximate surface area is 93.8 Å².